The van der Waals surface area contributed by atoms with E-state index in [9.17, 15) is 14.7 Å². The number of amides is 1. The SMILES string of the molecule is CCOC(=O)[C@H](O)[C@@H](NC(=O)OC(C)(C)C)c1ccc(Cl)cc1. The van der Waals surface area contributed by atoms with Gasteiger partial charge in [-0.1, -0.05) is 23.7 Å². The van der Waals surface area contributed by atoms with Gasteiger partial charge in [-0.3, -0.25) is 0 Å². The molecule has 0 aliphatic carbocycles. The topological polar surface area (TPSA) is 84.9 Å². The summed E-state index contributed by atoms with van der Waals surface area (Å²) in [5, 5.41) is 13.2. The van der Waals surface area contributed by atoms with Crippen LogP contribution in [0.3, 0.4) is 0 Å². The van der Waals surface area contributed by atoms with Crippen molar-refractivity contribution in [3.8, 4) is 0 Å². The highest BCUT2D eigenvalue weighted by Gasteiger charge is 2.31. The second-order valence-electron chi connectivity index (χ2n) is 5.87. The van der Waals surface area contributed by atoms with E-state index in [4.69, 9.17) is 21.1 Å². The molecular weight excluding hydrogens is 322 g/mol. The van der Waals surface area contributed by atoms with Crippen LogP contribution in [0.1, 0.15) is 39.3 Å². The van der Waals surface area contributed by atoms with Gasteiger partial charge in [-0.25, -0.2) is 9.59 Å². The molecule has 0 spiro atoms. The standard InChI is InChI=1S/C16H22ClNO5/c1-5-22-14(20)13(19)12(10-6-8-11(17)9-7-10)18-15(21)23-16(2,3)4/h6-9,12-13,19H,5H2,1-4H3,(H,18,21)/t12-,13+/m0/s1. The van der Waals surface area contributed by atoms with Gasteiger partial charge >= 0.3 is 12.1 Å². The molecule has 0 saturated carbocycles. The van der Waals surface area contributed by atoms with Gasteiger partial charge in [0.25, 0.3) is 0 Å². The first-order valence-electron chi connectivity index (χ1n) is 7.23. The largest absolute Gasteiger partial charge is 0.464 e. The third kappa shape index (κ3) is 6.46. The number of halogens is 1. The van der Waals surface area contributed by atoms with Crippen molar-refractivity contribution in [3.63, 3.8) is 0 Å². The molecule has 0 heterocycles. The quantitative estimate of drug-likeness (QED) is 0.803. The van der Waals surface area contributed by atoms with Crippen molar-refractivity contribution in [2.24, 2.45) is 0 Å². The number of hydrogen-bond acceptors (Lipinski definition) is 5. The number of carbonyl (C=O) groups excluding carboxylic acids is 2. The first-order valence-corrected chi connectivity index (χ1v) is 7.61. The molecule has 2 N–H and O–H groups in total. The van der Waals surface area contributed by atoms with Crippen LogP contribution in [0.25, 0.3) is 0 Å². The molecule has 0 unspecified atom stereocenters. The van der Waals surface area contributed by atoms with Gasteiger partial charge in [0.05, 0.1) is 12.6 Å². The fourth-order valence-corrected chi connectivity index (χ4v) is 1.94. The van der Waals surface area contributed by atoms with E-state index in [1.54, 1.807) is 52.0 Å². The molecule has 2 atom stereocenters. The number of alkyl carbamates (subject to hydrolysis) is 1. The highest BCUT2D eigenvalue weighted by molar-refractivity contribution is 6.30. The molecule has 128 valence electrons. The molecule has 0 saturated heterocycles. The van der Waals surface area contributed by atoms with Crippen molar-refractivity contribution in [2.45, 2.75) is 45.4 Å². The molecule has 1 aromatic rings. The predicted molar refractivity (Wildman–Crippen MR) is 86.2 cm³/mol. The van der Waals surface area contributed by atoms with E-state index in [-0.39, 0.29) is 6.61 Å². The van der Waals surface area contributed by atoms with Gasteiger partial charge in [-0.05, 0) is 45.4 Å². The smallest absolute Gasteiger partial charge is 0.408 e. The van der Waals surface area contributed by atoms with Crippen molar-refractivity contribution in [1.29, 1.82) is 0 Å². The van der Waals surface area contributed by atoms with Gasteiger partial charge < -0.3 is 19.9 Å². The molecule has 0 fully saturated rings. The Balaban J connectivity index is 2.99. The first-order chi connectivity index (χ1) is 10.6. The third-order valence-corrected chi connectivity index (χ3v) is 3.00. The Morgan fingerprint density at radius 2 is 1.83 bits per heavy atom. The maximum atomic E-state index is 12.0. The average Bonchev–Trinajstić information content (AvgIpc) is 2.43. The lowest BCUT2D eigenvalue weighted by Crippen LogP contribution is -2.43. The van der Waals surface area contributed by atoms with Crippen molar-refractivity contribution >= 4 is 23.7 Å². The van der Waals surface area contributed by atoms with E-state index in [1.807, 2.05) is 0 Å². The molecule has 0 aromatic heterocycles. The van der Waals surface area contributed by atoms with Crippen molar-refractivity contribution in [2.75, 3.05) is 6.61 Å². The van der Waals surface area contributed by atoms with E-state index in [2.05, 4.69) is 5.32 Å². The molecule has 0 aliphatic rings. The van der Waals surface area contributed by atoms with E-state index in [1.165, 1.54) is 0 Å². The zero-order valence-electron chi connectivity index (χ0n) is 13.6. The maximum Gasteiger partial charge on any atom is 0.408 e. The third-order valence-electron chi connectivity index (χ3n) is 2.75. The fourth-order valence-electron chi connectivity index (χ4n) is 1.81. The number of aliphatic hydroxyl groups is 1. The lowest BCUT2D eigenvalue weighted by Gasteiger charge is -2.26. The Bertz CT molecular complexity index is 538. The lowest BCUT2D eigenvalue weighted by atomic mass is 10.0. The van der Waals surface area contributed by atoms with E-state index in [0.717, 1.165) is 0 Å². The Morgan fingerprint density at radius 3 is 2.30 bits per heavy atom. The summed E-state index contributed by atoms with van der Waals surface area (Å²) in [6, 6.07) is 5.39. The molecule has 6 nitrogen and oxygen atoms in total. The van der Waals surface area contributed by atoms with Crippen LogP contribution in [0.15, 0.2) is 24.3 Å². The monoisotopic (exact) mass is 343 g/mol. The molecule has 1 aromatic carbocycles. The minimum Gasteiger partial charge on any atom is -0.464 e. The Morgan fingerprint density at radius 1 is 1.26 bits per heavy atom. The minimum absolute atomic E-state index is 0.121. The van der Waals surface area contributed by atoms with Gasteiger partial charge in [0.2, 0.25) is 0 Å². The normalized spacial score (nSPS) is 13.8. The Hall–Kier alpha value is -1.79. The van der Waals surface area contributed by atoms with Crippen LogP contribution in [0, 0.1) is 0 Å². The number of carbonyl (C=O) groups is 2. The summed E-state index contributed by atoms with van der Waals surface area (Å²) in [7, 11) is 0. The highest BCUT2D eigenvalue weighted by atomic mass is 35.5. The van der Waals surface area contributed by atoms with Crippen molar-refractivity contribution < 1.29 is 24.2 Å². The first kappa shape index (κ1) is 19.3. The molecule has 1 amide bonds. The Labute approximate surface area is 140 Å². The number of benzene rings is 1. The summed E-state index contributed by atoms with van der Waals surface area (Å²) in [6.45, 7) is 6.89. The van der Waals surface area contributed by atoms with E-state index >= 15 is 0 Å². The highest BCUT2D eigenvalue weighted by Crippen LogP contribution is 2.21. The molecule has 23 heavy (non-hydrogen) atoms. The van der Waals surface area contributed by atoms with Crippen LogP contribution in [0.5, 0.6) is 0 Å². The number of nitrogens with one attached hydrogen (secondary N) is 1. The van der Waals surface area contributed by atoms with Crippen LogP contribution in [0.4, 0.5) is 4.79 Å². The van der Waals surface area contributed by atoms with E-state index in [0.29, 0.717) is 10.6 Å². The maximum absolute atomic E-state index is 12.0. The summed E-state index contributed by atoms with van der Waals surface area (Å²) in [6.07, 6.45) is -2.32. The summed E-state index contributed by atoms with van der Waals surface area (Å²) in [5.41, 5.74) is -0.204. The number of rotatable bonds is 5. The minimum atomic E-state index is -1.57. The lowest BCUT2D eigenvalue weighted by molar-refractivity contribution is -0.154. The molecule has 7 heteroatoms. The molecule has 0 aliphatic heterocycles. The Kier molecular flexibility index (Phi) is 6.84. The van der Waals surface area contributed by atoms with Gasteiger partial charge in [-0.2, -0.15) is 0 Å². The van der Waals surface area contributed by atoms with Gasteiger partial charge in [0.15, 0.2) is 6.10 Å². The van der Waals surface area contributed by atoms with Crippen LogP contribution >= 0.6 is 11.6 Å². The number of ether oxygens (including phenoxy) is 2. The van der Waals surface area contributed by atoms with Crippen LogP contribution in [-0.2, 0) is 14.3 Å². The fraction of sp³-hybridized carbons (Fsp3) is 0.500. The summed E-state index contributed by atoms with van der Waals surface area (Å²) in [4.78, 5) is 23.8. The number of hydrogen-bond donors (Lipinski definition) is 2. The predicted octanol–water partition coefficient (Wildman–Crippen LogP) is 2.83. The van der Waals surface area contributed by atoms with Gasteiger partial charge in [0, 0.05) is 5.02 Å². The average molecular weight is 344 g/mol. The van der Waals surface area contributed by atoms with E-state index < -0.39 is 29.8 Å². The van der Waals surface area contributed by atoms with Gasteiger partial charge in [0.1, 0.15) is 5.60 Å². The second kappa shape index (κ2) is 8.17. The molecule has 0 bridgehead atoms. The summed E-state index contributed by atoms with van der Waals surface area (Å²) < 4.78 is 9.97. The molecule has 1 rings (SSSR count). The number of aliphatic hydroxyl groups excluding tert-OH is 1. The molecular formula is C16H22ClNO5. The molecule has 0 radical (unpaired) electrons. The van der Waals surface area contributed by atoms with Crippen LogP contribution < -0.4 is 5.32 Å². The zero-order valence-corrected chi connectivity index (χ0v) is 14.4. The van der Waals surface area contributed by atoms with Gasteiger partial charge in [-0.15, -0.1) is 0 Å². The van der Waals surface area contributed by atoms with Crippen molar-refractivity contribution in [3.05, 3.63) is 34.9 Å². The summed E-state index contributed by atoms with van der Waals surface area (Å²) in [5.74, 6) is -0.830. The van der Waals surface area contributed by atoms with Crippen LogP contribution in [-0.4, -0.2) is 35.5 Å². The second-order valence-corrected chi connectivity index (χ2v) is 6.31. The summed E-state index contributed by atoms with van der Waals surface area (Å²) >= 11 is 5.83. The van der Waals surface area contributed by atoms with Crippen LogP contribution in [0.2, 0.25) is 5.02 Å². The van der Waals surface area contributed by atoms with Crippen molar-refractivity contribution in [1.82, 2.24) is 5.32 Å². The number of esters is 1. The zero-order chi connectivity index (χ0) is 17.6.